The van der Waals surface area contributed by atoms with E-state index >= 15 is 0 Å². The van der Waals surface area contributed by atoms with Crippen LogP contribution in [-0.2, 0) is 22.6 Å². The maximum atomic E-state index is 12.9. The normalized spacial score (nSPS) is 11.2. The van der Waals surface area contributed by atoms with Crippen LogP contribution in [0.5, 0.6) is 0 Å². The molecule has 0 fully saturated rings. The zero-order valence-corrected chi connectivity index (χ0v) is 19.1. The summed E-state index contributed by atoms with van der Waals surface area (Å²) in [5.74, 6) is -1.13. The number of amides is 3. The lowest BCUT2D eigenvalue weighted by Crippen LogP contribution is -2.53. The van der Waals surface area contributed by atoms with E-state index in [-0.39, 0.29) is 13.0 Å². The highest BCUT2D eigenvalue weighted by Gasteiger charge is 2.23. The Kier molecular flexibility index (Phi) is 7.95. The standard InChI is InChI=1S/C25H23N7O4/c33-23(20-11-13-21(14-12-20)32-17-26-30-31-32)28-29-24(34)22(15-18-7-3-1-4-8-18)27-25(35)36-16-19-9-5-2-6-10-19/h1-14,17,22H,15-16H2,(H,27,35)(H,28,33)(H,29,34). The van der Waals surface area contributed by atoms with Crippen LogP contribution in [-0.4, -0.2) is 44.2 Å². The van der Waals surface area contributed by atoms with Crippen LogP contribution in [0, 0.1) is 0 Å². The van der Waals surface area contributed by atoms with Crippen molar-refractivity contribution in [1.82, 2.24) is 36.4 Å². The molecule has 4 rings (SSSR count). The van der Waals surface area contributed by atoms with Crippen LogP contribution in [0.2, 0.25) is 0 Å². The maximum absolute atomic E-state index is 12.9. The van der Waals surface area contributed by atoms with E-state index < -0.39 is 23.9 Å². The van der Waals surface area contributed by atoms with Gasteiger partial charge in [0.25, 0.3) is 11.8 Å². The predicted molar refractivity (Wildman–Crippen MR) is 128 cm³/mol. The molecule has 1 heterocycles. The number of benzene rings is 3. The van der Waals surface area contributed by atoms with Gasteiger partial charge in [-0.15, -0.1) is 5.10 Å². The molecule has 0 aliphatic carbocycles. The van der Waals surface area contributed by atoms with Gasteiger partial charge in [0.05, 0.1) is 5.69 Å². The highest BCUT2D eigenvalue weighted by atomic mass is 16.5. The molecule has 3 aromatic carbocycles. The van der Waals surface area contributed by atoms with Crippen molar-refractivity contribution in [3.05, 3.63) is 108 Å². The molecule has 3 amide bonds. The summed E-state index contributed by atoms with van der Waals surface area (Å²) >= 11 is 0. The Labute approximate surface area is 206 Å². The fraction of sp³-hybridized carbons (Fsp3) is 0.120. The number of hydrogen-bond acceptors (Lipinski definition) is 7. The third-order valence-corrected chi connectivity index (χ3v) is 5.15. The van der Waals surface area contributed by atoms with Gasteiger partial charge in [-0.25, -0.2) is 9.48 Å². The molecule has 0 aliphatic heterocycles. The van der Waals surface area contributed by atoms with Crippen LogP contribution in [0.25, 0.3) is 5.69 Å². The Balaban J connectivity index is 1.35. The molecule has 1 aromatic heterocycles. The van der Waals surface area contributed by atoms with E-state index in [1.807, 2.05) is 60.7 Å². The van der Waals surface area contributed by atoms with Crippen molar-refractivity contribution in [1.29, 1.82) is 0 Å². The number of ether oxygens (including phenoxy) is 1. The quantitative estimate of drug-likeness (QED) is 0.324. The molecule has 0 saturated heterocycles. The van der Waals surface area contributed by atoms with E-state index in [9.17, 15) is 14.4 Å². The molecule has 0 aliphatic rings. The molecule has 4 aromatic rings. The van der Waals surface area contributed by atoms with E-state index in [4.69, 9.17) is 4.74 Å². The van der Waals surface area contributed by atoms with Crippen LogP contribution in [0.4, 0.5) is 4.79 Å². The molecule has 11 heteroatoms. The number of rotatable bonds is 8. The lowest BCUT2D eigenvalue weighted by atomic mass is 10.1. The van der Waals surface area contributed by atoms with Gasteiger partial charge in [0.15, 0.2) is 0 Å². The first-order chi connectivity index (χ1) is 17.6. The van der Waals surface area contributed by atoms with Crippen LogP contribution < -0.4 is 16.2 Å². The minimum Gasteiger partial charge on any atom is -0.445 e. The molecule has 0 bridgehead atoms. The number of alkyl carbamates (subject to hydrolysis) is 1. The van der Waals surface area contributed by atoms with Gasteiger partial charge in [-0.05, 0) is 45.8 Å². The first-order valence-electron chi connectivity index (χ1n) is 11.0. The highest BCUT2D eigenvalue weighted by Crippen LogP contribution is 2.08. The van der Waals surface area contributed by atoms with Gasteiger partial charge in [-0.3, -0.25) is 20.4 Å². The first-order valence-corrected chi connectivity index (χ1v) is 11.0. The van der Waals surface area contributed by atoms with Crippen molar-refractivity contribution in [3.63, 3.8) is 0 Å². The van der Waals surface area contributed by atoms with Crippen LogP contribution in [0.1, 0.15) is 21.5 Å². The van der Waals surface area contributed by atoms with E-state index in [0.717, 1.165) is 11.1 Å². The zero-order valence-electron chi connectivity index (χ0n) is 19.1. The Morgan fingerprint density at radius 2 is 1.50 bits per heavy atom. The molecule has 1 atom stereocenters. The van der Waals surface area contributed by atoms with Crippen LogP contribution >= 0.6 is 0 Å². The Bertz CT molecular complexity index is 1280. The van der Waals surface area contributed by atoms with Crippen molar-refractivity contribution in [2.45, 2.75) is 19.1 Å². The van der Waals surface area contributed by atoms with Crippen molar-refractivity contribution in [2.75, 3.05) is 0 Å². The average Bonchev–Trinajstić information content (AvgIpc) is 3.46. The van der Waals surface area contributed by atoms with Gasteiger partial charge < -0.3 is 10.1 Å². The summed E-state index contributed by atoms with van der Waals surface area (Å²) in [6.45, 7) is 0.0593. The van der Waals surface area contributed by atoms with Crippen LogP contribution in [0.15, 0.2) is 91.3 Å². The third kappa shape index (κ3) is 6.73. The highest BCUT2D eigenvalue weighted by molar-refractivity contribution is 5.96. The monoisotopic (exact) mass is 485 g/mol. The third-order valence-electron chi connectivity index (χ3n) is 5.15. The Morgan fingerprint density at radius 3 is 2.14 bits per heavy atom. The number of aromatic nitrogens is 4. The summed E-state index contributed by atoms with van der Waals surface area (Å²) in [4.78, 5) is 37.8. The number of carbonyl (C=O) groups excluding carboxylic acids is 3. The fourth-order valence-electron chi connectivity index (χ4n) is 3.29. The van der Waals surface area contributed by atoms with Gasteiger partial charge in [0.2, 0.25) is 0 Å². The molecule has 36 heavy (non-hydrogen) atoms. The van der Waals surface area contributed by atoms with E-state index in [1.54, 1.807) is 24.3 Å². The lowest BCUT2D eigenvalue weighted by Gasteiger charge is -2.19. The summed E-state index contributed by atoms with van der Waals surface area (Å²) in [7, 11) is 0. The SMILES string of the molecule is O=C(NC(Cc1ccccc1)C(=O)NNC(=O)c1ccc(-n2cnnn2)cc1)OCc1ccccc1. The molecule has 182 valence electrons. The maximum Gasteiger partial charge on any atom is 0.408 e. The van der Waals surface area contributed by atoms with Crippen LogP contribution in [0.3, 0.4) is 0 Å². The zero-order chi connectivity index (χ0) is 25.2. The molecular formula is C25H23N7O4. The number of nitrogens with one attached hydrogen (secondary N) is 3. The minimum atomic E-state index is -0.988. The summed E-state index contributed by atoms with van der Waals surface area (Å²) in [6.07, 6.45) is 0.878. The summed E-state index contributed by atoms with van der Waals surface area (Å²) < 4.78 is 6.69. The number of hydrazine groups is 1. The first kappa shape index (κ1) is 24.1. The molecule has 11 nitrogen and oxygen atoms in total. The van der Waals surface area contributed by atoms with E-state index in [0.29, 0.717) is 11.3 Å². The largest absolute Gasteiger partial charge is 0.445 e. The second kappa shape index (κ2) is 11.9. The minimum absolute atomic E-state index is 0.0593. The van der Waals surface area contributed by atoms with Crippen molar-refractivity contribution in [2.24, 2.45) is 0 Å². The summed E-state index contributed by atoms with van der Waals surface area (Å²) in [5, 5.41) is 13.5. The van der Waals surface area contributed by atoms with Gasteiger partial charge >= 0.3 is 6.09 Å². The number of tetrazole rings is 1. The molecular weight excluding hydrogens is 462 g/mol. The molecule has 3 N–H and O–H groups in total. The fourth-order valence-corrected chi connectivity index (χ4v) is 3.29. The van der Waals surface area contributed by atoms with Gasteiger partial charge in [0.1, 0.15) is 19.0 Å². The number of carbonyl (C=O) groups is 3. The average molecular weight is 486 g/mol. The Hall–Kier alpha value is -5.06. The molecule has 0 spiro atoms. The lowest BCUT2D eigenvalue weighted by molar-refractivity contribution is -0.123. The van der Waals surface area contributed by atoms with Crippen molar-refractivity contribution in [3.8, 4) is 5.69 Å². The van der Waals surface area contributed by atoms with Crippen molar-refractivity contribution >= 4 is 17.9 Å². The number of nitrogens with zero attached hydrogens (tertiary/aromatic N) is 4. The molecule has 0 saturated carbocycles. The second-order valence-electron chi connectivity index (χ2n) is 7.69. The van der Waals surface area contributed by atoms with Gasteiger partial charge in [0, 0.05) is 12.0 Å². The van der Waals surface area contributed by atoms with Gasteiger partial charge in [-0.1, -0.05) is 60.7 Å². The predicted octanol–water partition coefficient (Wildman–Crippen LogP) is 1.96. The number of hydrogen-bond donors (Lipinski definition) is 3. The second-order valence-corrected chi connectivity index (χ2v) is 7.69. The topological polar surface area (TPSA) is 140 Å². The molecule has 1 unspecified atom stereocenters. The summed E-state index contributed by atoms with van der Waals surface area (Å²) in [5.41, 5.74) is 7.36. The smallest absolute Gasteiger partial charge is 0.408 e. The Morgan fingerprint density at radius 1 is 0.833 bits per heavy atom. The van der Waals surface area contributed by atoms with E-state index in [1.165, 1.54) is 11.0 Å². The van der Waals surface area contributed by atoms with E-state index in [2.05, 4.69) is 31.7 Å². The van der Waals surface area contributed by atoms with Gasteiger partial charge in [-0.2, -0.15) is 0 Å². The van der Waals surface area contributed by atoms with Crippen molar-refractivity contribution < 1.29 is 19.1 Å². The summed E-state index contributed by atoms with van der Waals surface area (Å²) in [6, 6.07) is 23.8. The molecule has 0 radical (unpaired) electrons.